The molecule has 1 aromatic carbocycles. The molecule has 21 heavy (non-hydrogen) atoms. The Hall–Kier alpha value is -2.04. The van der Waals surface area contributed by atoms with Crippen LogP contribution in [0.3, 0.4) is 0 Å². The normalized spacial score (nSPS) is 20.2. The summed E-state index contributed by atoms with van der Waals surface area (Å²) in [5.41, 5.74) is 2.09. The van der Waals surface area contributed by atoms with Crippen molar-refractivity contribution in [1.82, 2.24) is 5.32 Å². The first-order valence-electron chi connectivity index (χ1n) is 7.66. The van der Waals surface area contributed by atoms with Crippen molar-refractivity contribution in [3.05, 3.63) is 24.3 Å². The van der Waals surface area contributed by atoms with Gasteiger partial charge in [0.15, 0.2) is 0 Å². The van der Waals surface area contributed by atoms with Crippen LogP contribution in [0, 0.1) is 0 Å². The summed E-state index contributed by atoms with van der Waals surface area (Å²) in [7, 11) is 0. The highest BCUT2D eigenvalue weighted by Gasteiger charge is 2.21. The number of nitrogens with zero attached hydrogens (tertiary/aromatic N) is 2. The molecular weight excluding hydrogens is 266 g/mol. The number of hydrogen-bond acceptors (Lipinski definition) is 3. The van der Waals surface area contributed by atoms with Gasteiger partial charge in [-0.05, 0) is 43.5 Å². The SMILES string of the molecule is O=C1CCN(c2ccc(N3CCCCC3)cc2)C(=O)CN1. The maximum atomic E-state index is 12.0. The molecule has 112 valence electrons. The molecule has 2 fully saturated rings. The van der Waals surface area contributed by atoms with Gasteiger partial charge in [0.25, 0.3) is 0 Å². The third-order valence-electron chi connectivity index (χ3n) is 4.18. The Morgan fingerprint density at radius 3 is 2.24 bits per heavy atom. The molecule has 0 bridgehead atoms. The van der Waals surface area contributed by atoms with Crippen molar-refractivity contribution in [3.8, 4) is 0 Å². The van der Waals surface area contributed by atoms with Gasteiger partial charge in [-0.2, -0.15) is 0 Å². The zero-order chi connectivity index (χ0) is 14.7. The van der Waals surface area contributed by atoms with Gasteiger partial charge in [-0.1, -0.05) is 0 Å². The summed E-state index contributed by atoms with van der Waals surface area (Å²) in [4.78, 5) is 27.5. The van der Waals surface area contributed by atoms with Crippen molar-refractivity contribution in [2.45, 2.75) is 25.7 Å². The Morgan fingerprint density at radius 2 is 1.52 bits per heavy atom. The highest BCUT2D eigenvalue weighted by molar-refractivity contribution is 5.98. The molecule has 0 spiro atoms. The first-order chi connectivity index (χ1) is 10.2. The largest absolute Gasteiger partial charge is 0.372 e. The van der Waals surface area contributed by atoms with Gasteiger partial charge in [-0.3, -0.25) is 9.59 Å². The lowest BCUT2D eigenvalue weighted by Crippen LogP contribution is -2.35. The van der Waals surface area contributed by atoms with Crippen LogP contribution in [-0.4, -0.2) is 38.0 Å². The summed E-state index contributed by atoms with van der Waals surface area (Å²) < 4.78 is 0. The molecule has 0 aliphatic carbocycles. The van der Waals surface area contributed by atoms with Crippen molar-refractivity contribution < 1.29 is 9.59 Å². The van der Waals surface area contributed by atoms with Gasteiger partial charge in [0, 0.05) is 37.4 Å². The molecule has 5 nitrogen and oxygen atoms in total. The van der Waals surface area contributed by atoms with Gasteiger partial charge in [0.1, 0.15) is 0 Å². The average molecular weight is 287 g/mol. The number of rotatable bonds is 2. The standard InChI is InChI=1S/C16H21N3O2/c20-15-8-11-19(16(21)12-17-15)14-6-4-13(5-7-14)18-9-2-1-3-10-18/h4-7H,1-3,8-12H2,(H,17,20). The second-order valence-corrected chi connectivity index (χ2v) is 5.64. The lowest BCUT2D eigenvalue weighted by molar-refractivity contribution is -0.123. The van der Waals surface area contributed by atoms with Gasteiger partial charge >= 0.3 is 0 Å². The number of nitrogens with one attached hydrogen (secondary N) is 1. The number of amides is 2. The van der Waals surface area contributed by atoms with Crippen molar-refractivity contribution in [2.24, 2.45) is 0 Å². The number of piperidine rings is 1. The fraction of sp³-hybridized carbons (Fsp3) is 0.500. The maximum Gasteiger partial charge on any atom is 0.246 e. The fourth-order valence-corrected chi connectivity index (χ4v) is 2.96. The van der Waals surface area contributed by atoms with Crippen LogP contribution in [0.15, 0.2) is 24.3 Å². The van der Waals surface area contributed by atoms with E-state index in [0.29, 0.717) is 13.0 Å². The minimum atomic E-state index is -0.0595. The van der Waals surface area contributed by atoms with E-state index in [-0.39, 0.29) is 18.4 Å². The van der Waals surface area contributed by atoms with E-state index < -0.39 is 0 Å². The summed E-state index contributed by atoms with van der Waals surface area (Å²) >= 11 is 0. The zero-order valence-corrected chi connectivity index (χ0v) is 12.2. The first-order valence-corrected chi connectivity index (χ1v) is 7.66. The summed E-state index contributed by atoms with van der Waals surface area (Å²) in [5, 5.41) is 2.62. The van der Waals surface area contributed by atoms with Crippen LogP contribution in [0.4, 0.5) is 11.4 Å². The molecule has 2 aliphatic heterocycles. The predicted octanol–water partition coefficient (Wildman–Crippen LogP) is 1.53. The van der Waals surface area contributed by atoms with Crippen molar-refractivity contribution in [1.29, 1.82) is 0 Å². The molecule has 1 N–H and O–H groups in total. The Bertz CT molecular complexity index is 521. The van der Waals surface area contributed by atoms with Crippen LogP contribution in [0.5, 0.6) is 0 Å². The minimum absolute atomic E-state index is 0.0495. The van der Waals surface area contributed by atoms with E-state index in [9.17, 15) is 9.59 Å². The van der Waals surface area contributed by atoms with Crippen molar-refractivity contribution in [2.75, 3.05) is 36.0 Å². The highest BCUT2D eigenvalue weighted by atomic mass is 16.2. The third-order valence-corrected chi connectivity index (χ3v) is 4.18. The second-order valence-electron chi connectivity index (χ2n) is 5.64. The van der Waals surface area contributed by atoms with Gasteiger partial charge in [0.2, 0.25) is 11.8 Å². The van der Waals surface area contributed by atoms with E-state index in [0.717, 1.165) is 18.8 Å². The summed E-state index contributed by atoms with van der Waals surface area (Å²) in [6.45, 7) is 2.77. The molecule has 0 unspecified atom stereocenters. The number of benzene rings is 1. The first kappa shape index (κ1) is 13.9. The maximum absolute atomic E-state index is 12.0. The van der Waals surface area contributed by atoms with Crippen molar-refractivity contribution in [3.63, 3.8) is 0 Å². The topological polar surface area (TPSA) is 52.7 Å². The number of anilines is 2. The van der Waals surface area contributed by atoms with Crippen LogP contribution >= 0.6 is 0 Å². The van der Waals surface area contributed by atoms with E-state index in [1.54, 1.807) is 4.90 Å². The second kappa shape index (κ2) is 6.16. The molecule has 0 atom stereocenters. The molecule has 2 heterocycles. The molecular formula is C16H21N3O2. The lowest BCUT2D eigenvalue weighted by atomic mass is 10.1. The Labute approximate surface area is 124 Å². The summed E-state index contributed by atoms with van der Waals surface area (Å²) in [6.07, 6.45) is 4.18. The number of hydrogen-bond donors (Lipinski definition) is 1. The van der Waals surface area contributed by atoms with Crippen molar-refractivity contribution >= 4 is 23.2 Å². The Morgan fingerprint density at radius 1 is 0.857 bits per heavy atom. The quantitative estimate of drug-likeness (QED) is 0.897. The van der Waals surface area contributed by atoms with Crippen LogP contribution in [0.2, 0.25) is 0 Å². The molecule has 0 saturated carbocycles. The number of carbonyl (C=O) groups excluding carboxylic acids is 2. The van der Waals surface area contributed by atoms with Crippen LogP contribution in [-0.2, 0) is 9.59 Å². The van der Waals surface area contributed by atoms with E-state index in [2.05, 4.69) is 22.3 Å². The monoisotopic (exact) mass is 287 g/mol. The average Bonchev–Trinajstić information content (AvgIpc) is 2.70. The predicted molar refractivity (Wildman–Crippen MR) is 82.5 cm³/mol. The van der Waals surface area contributed by atoms with Crippen LogP contribution < -0.4 is 15.1 Å². The molecule has 1 aromatic rings. The van der Waals surface area contributed by atoms with Gasteiger partial charge < -0.3 is 15.1 Å². The third kappa shape index (κ3) is 3.17. The van der Waals surface area contributed by atoms with E-state index in [1.165, 1.54) is 24.9 Å². The van der Waals surface area contributed by atoms with E-state index in [1.807, 2.05) is 12.1 Å². The molecule has 0 aromatic heterocycles. The number of carbonyl (C=O) groups is 2. The van der Waals surface area contributed by atoms with Gasteiger partial charge in [0.05, 0.1) is 6.54 Å². The molecule has 3 rings (SSSR count). The zero-order valence-electron chi connectivity index (χ0n) is 12.2. The smallest absolute Gasteiger partial charge is 0.246 e. The van der Waals surface area contributed by atoms with E-state index in [4.69, 9.17) is 0 Å². The Kier molecular flexibility index (Phi) is 4.08. The van der Waals surface area contributed by atoms with Crippen LogP contribution in [0.25, 0.3) is 0 Å². The van der Waals surface area contributed by atoms with E-state index >= 15 is 0 Å². The van der Waals surface area contributed by atoms with Gasteiger partial charge in [-0.15, -0.1) is 0 Å². The molecule has 5 heteroatoms. The summed E-state index contributed by atoms with van der Waals surface area (Å²) in [6, 6.07) is 8.12. The highest BCUT2D eigenvalue weighted by Crippen LogP contribution is 2.24. The van der Waals surface area contributed by atoms with Gasteiger partial charge in [-0.25, -0.2) is 0 Å². The fourth-order valence-electron chi connectivity index (χ4n) is 2.96. The lowest BCUT2D eigenvalue weighted by Gasteiger charge is -2.29. The van der Waals surface area contributed by atoms with Crippen LogP contribution in [0.1, 0.15) is 25.7 Å². The summed E-state index contributed by atoms with van der Waals surface area (Å²) in [5.74, 6) is -0.109. The Balaban J connectivity index is 1.73. The minimum Gasteiger partial charge on any atom is -0.372 e. The molecule has 2 saturated heterocycles. The molecule has 0 radical (unpaired) electrons. The molecule has 2 amide bonds. The molecule has 2 aliphatic rings.